The van der Waals surface area contributed by atoms with Gasteiger partial charge in [-0.15, -0.1) is 0 Å². The van der Waals surface area contributed by atoms with Crippen LogP contribution in [0.1, 0.15) is 36.8 Å². The lowest BCUT2D eigenvalue weighted by molar-refractivity contribution is -0.141. The highest BCUT2D eigenvalue weighted by atomic mass is 16.5. The van der Waals surface area contributed by atoms with Crippen LogP contribution in [0.4, 0.5) is 0 Å². The number of rotatable bonds is 5. The molecule has 0 bridgehead atoms. The molecule has 1 fully saturated rings. The highest BCUT2D eigenvalue weighted by molar-refractivity contribution is 5.98. The Balaban J connectivity index is 1.86. The number of benzene rings is 1. The van der Waals surface area contributed by atoms with E-state index in [0.717, 1.165) is 42.5 Å². The van der Waals surface area contributed by atoms with Crippen molar-refractivity contribution in [1.29, 1.82) is 5.41 Å². The number of carbonyl (C=O) groups excluding carboxylic acids is 1. The maximum Gasteiger partial charge on any atom is 0.306 e. The van der Waals surface area contributed by atoms with E-state index in [1.807, 2.05) is 12.1 Å². The SMILES string of the molecule is COC(=O)CCN1CC(C)CC(c2ccc(C=N)c3ncccc23)C1. The molecular formula is C20H25N3O2. The van der Waals surface area contributed by atoms with Gasteiger partial charge in [-0.2, -0.15) is 0 Å². The lowest BCUT2D eigenvalue weighted by Crippen LogP contribution is -2.39. The number of piperidine rings is 1. The molecule has 1 aliphatic heterocycles. The molecule has 2 heterocycles. The van der Waals surface area contributed by atoms with E-state index in [9.17, 15) is 4.79 Å². The van der Waals surface area contributed by atoms with Crippen LogP contribution in [0.25, 0.3) is 10.9 Å². The molecule has 0 amide bonds. The van der Waals surface area contributed by atoms with Gasteiger partial charge in [0.1, 0.15) is 0 Å². The van der Waals surface area contributed by atoms with Gasteiger partial charge in [0.2, 0.25) is 0 Å². The van der Waals surface area contributed by atoms with Gasteiger partial charge < -0.3 is 15.0 Å². The van der Waals surface area contributed by atoms with Crippen molar-refractivity contribution in [3.8, 4) is 0 Å². The lowest BCUT2D eigenvalue weighted by Gasteiger charge is -2.37. The third-order valence-electron chi connectivity index (χ3n) is 5.03. The van der Waals surface area contributed by atoms with Crippen LogP contribution in [0.3, 0.4) is 0 Å². The zero-order chi connectivity index (χ0) is 17.8. The monoisotopic (exact) mass is 339 g/mol. The molecule has 0 aliphatic carbocycles. The van der Waals surface area contributed by atoms with Crippen molar-refractivity contribution >= 4 is 23.1 Å². The summed E-state index contributed by atoms with van der Waals surface area (Å²) in [5, 5.41) is 8.74. The molecule has 25 heavy (non-hydrogen) atoms. The summed E-state index contributed by atoms with van der Waals surface area (Å²) in [6.07, 6.45) is 4.71. The summed E-state index contributed by atoms with van der Waals surface area (Å²) in [5.74, 6) is 0.832. The summed E-state index contributed by atoms with van der Waals surface area (Å²) in [5.41, 5.74) is 3.04. The highest BCUT2D eigenvalue weighted by Crippen LogP contribution is 2.34. The molecule has 2 aromatic rings. The van der Waals surface area contributed by atoms with E-state index in [1.165, 1.54) is 18.9 Å². The zero-order valence-corrected chi connectivity index (χ0v) is 14.9. The van der Waals surface area contributed by atoms with Crippen LogP contribution in [0.2, 0.25) is 0 Å². The number of methoxy groups -OCH3 is 1. The second kappa shape index (κ2) is 7.74. The van der Waals surface area contributed by atoms with Crippen LogP contribution in [0, 0.1) is 11.3 Å². The first-order chi connectivity index (χ1) is 12.1. The maximum atomic E-state index is 11.5. The largest absolute Gasteiger partial charge is 0.469 e. The van der Waals surface area contributed by atoms with Crippen molar-refractivity contribution < 1.29 is 9.53 Å². The quantitative estimate of drug-likeness (QED) is 0.671. The number of ether oxygens (including phenoxy) is 1. The molecule has 5 heteroatoms. The van der Waals surface area contributed by atoms with Crippen LogP contribution in [0.15, 0.2) is 30.5 Å². The first kappa shape index (κ1) is 17.5. The fourth-order valence-corrected chi connectivity index (χ4v) is 3.91. The van der Waals surface area contributed by atoms with Gasteiger partial charge in [-0.05, 0) is 29.9 Å². The topological polar surface area (TPSA) is 66.3 Å². The Morgan fingerprint density at radius 1 is 1.40 bits per heavy atom. The molecule has 0 saturated carbocycles. The summed E-state index contributed by atoms with van der Waals surface area (Å²) in [6.45, 7) is 4.96. The average molecular weight is 339 g/mol. The number of nitrogens with zero attached hydrogens (tertiary/aromatic N) is 2. The smallest absolute Gasteiger partial charge is 0.306 e. The number of aromatic nitrogens is 1. The molecule has 1 saturated heterocycles. The summed E-state index contributed by atoms with van der Waals surface area (Å²) < 4.78 is 4.77. The summed E-state index contributed by atoms with van der Waals surface area (Å²) in [6, 6.07) is 8.20. The molecule has 1 aliphatic rings. The summed E-state index contributed by atoms with van der Waals surface area (Å²) in [7, 11) is 1.44. The predicted molar refractivity (Wildman–Crippen MR) is 99.2 cm³/mol. The Morgan fingerprint density at radius 2 is 2.24 bits per heavy atom. The number of hydrogen-bond donors (Lipinski definition) is 1. The molecule has 2 unspecified atom stereocenters. The number of esters is 1. The number of carbonyl (C=O) groups is 1. The second-order valence-corrected chi connectivity index (χ2v) is 6.91. The molecule has 1 aromatic heterocycles. The van der Waals surface area contributed by atoms with Crippen LogP contribution in [-0.4, -0.2) is 48.8 Å². The van der Waals surface area contributed by atoms with Crippen molar-refractivity contribution in [2.75, 3.05) is 26.7 Å². The van der Waals surface area contributed by atoms with Crippen LogP contribution in [-0.2, 0) is 9.53 Å². The molecule has 1 aromatic carbocycles. The van der Waals surface area contributed by atoms with Crippen molar-refractivity contribution in [2.24, 2.45) is 5.92 Å². The Kier molecular flexibility index (Phi) is 5.43. The van der Waals surface area contributed by atoms with E-state index in [1.54, 1.807) is 6.20 Å². The van der Waals surface area contributed by atoms with Gasteiger partial charge in [-0.25, -0.2) is 0 Å². The first-order valence-electron chi connectivity index (χ1n) is 8.79. The second-order valence-electron chi connectivity index (χ2n) is 6.91. The van der Waals surface area contributed by atoms with Gasteiger partial charge in [0.25, 0.3) is 0 Å². The average Bonchev–Trinajstić information content (AvgIpc) is 2.64. The third-order valence-corrected chi connectivity index (χ3v) is 5.03. The normalized spacial score (nSPS) is 21.2. The van der Waals surface area contributed by atoms with Gasteiger partial charge in [0.15, 0.2) is 0 Å². The fourth-order valence-electron chi connectivity index (χ4n) is 3.91. The Labute approximate surface area is 148 Å². The molecule has 0 spiro atoms. The third kappa shape index (κ3) is 3.87. The van der Waals surface area contributed by atoms with E-state index >= 15 is 0 Å². The standard InChI is InChI=1S/C20H25N3O2/c1-14-10-16(13-23(12-14)9-7-19(24)25-2)17-6-5-15(11-21)20-18(17)4-3-8-22-20/h3-6,8,11,14,16,21H,7,9-10,12-13H2,1-2H3. The Bertz CT molecular complexity index is 775. The van der Waals surface area contributed by atoms with Crippen molar-refractivity contribution in [2.45, 2.75) is 25.7 Å². The summed E-state index contributed by atoms with van der Waals surface area (Å²) in [4.78, 5) is 18.3. The summed E-state index contributed by atoms with van der Waals surface area (Å²) >= 11 is 0. The van der Waals surface area contributed by atoms with Crippen molar-refractivity contribution in [3.05, 3.63) is 41.6 Å². The molecule has 2 atom stereocenters. The van der Waals surface area contributed by atoms with Gasteiger partial charge >= 0.3 is 5.97 Å². The number of nitrogens with one attached hydrogen (secondary N) is 1. The van der Waals surface area contributed by atoms with E-state index in [0.29, 0.717) is 18.3 Å². The van der Waals surface area contributed by atoms with E-state index in [-0.39, 0.29) is 5.97 Å². The minimum Gasteiger partial charge on any atom is -0.469 e. The van der Waals surface area contributed by atoms with Gasteiger partial charge in [0.05, 0.1) is 19.0 Å². The predicted octanol–water partition coefficient (Wildman–Crippen LogP) is 3.22. The van der Waals surface area contributed by atoms with Gasteiger partial charge in [-0.1, -0.05) is 25.1 Å². The molecular weight excluding hydrogens is 314 g/mol. The minimum absolute atomic E-state index is 0.153. The van der Waals surface area contributed by atoms with Gasteiger partial charge in [0, 0.05) is 43.0 Å². The van der Waals surface area contributed by atoms with E-state index in [4.69, 9.17) is 10.1 Å². The number of hydrogen-bond acceptors (Lipinski definition) is 5. The number of fused-ring (bicyclic) bond motifs is 1. The molecule has 1 N–H and O–H groups in total. The maximum absolute atomic E-state index is 11.5. The molecule has 5 nitrogen and oxygen atoms in total. The number of pyridine rings is 1. The fraction of sp³-hybridized carbons (Fsp3) is 0.450. The zero-order valence-electron chi connectivity index (χ0n) is 14.9. The molecule has 132 valence electrons. The number of likely N-dealkylation sites (tertiary alicyclic amines) is 1. The van der Waals surface area contributed by atoms with Crippen molar-refractivity contribution in [1.82, 2.24) is 9.88 Å². The van der Waals surface area contributed by atoms with Crippen LogP contribution in [0.5, 0.6) is 0 Å². The molecule has 3 rings (SSSR count). The van der Waals surface area contributed by atoms with Crippen LogP contribution >= 0.6 is 0 Å². The van der Waals surface area contributed by atoms with E-state index < -0.39 is 0 Å². The first-order valence-corrected chi connectivity index (χ1v) is 8.79. The van der Waals surface area contributed by atoms with Crippen LogP contribution < -0.4 is 0 Å². The van der Waals surface area contributed by atoms with Gasteiger partial charge in [-0.3, -0.25) is 9.78 Å². The lowest BCUT2D eigenvalue weighted by atomic mass is 9.83. The Morgan fingerprint density at radius 3 is 3.00 bits per heavy atom. The van der Waals surface area contributed by atoms with Crippen molar-refractivity contribution in [3.63, 3.8) is 0 Å². The molecule has 0 radical (unpaired) electrons. The minimum atomic E-state index is -0.153. The Hall–Kier alpha value is -2.27. The van der Waals surface area contributed by atoms with E-state index in [2.05, 4.69) is 28.9 Å². The highest BCUT2D eigenvalue weighted by Gasteiger charge is 2.27.